The minimum atomic E-state index is -0.624. The average molecular weight is 203 g/mol. The summed E-state index contributed by atoms with van der Waals surface area (Å²) < 4.78 is 0. The molecule has 0 aliphatic rings. The molecule has 0 aromatic carbocycles. The van der Waals surface area contributed by atoms with Crippen molar-refractivity contribution in [1.82, 2.24) is 5.48 Å². The van der Waals surface area contributed by atoms with Gasteiger partial charge in [0.2, 0.25) is 11.8 Å². The fourth-order valence-electron chi connectivity index (χ4n) is 0.734. The first-order valence-electron chi connectivity index (χ1n) is 4.45. The maximum absolute atomic E-state index is 11.0. The van der Waals surface area contributed by atoms with E-state index in [1.54, 1.807) is 0 Å². The Morgan fingerprint density at radius 1 is 1.50 bits per heavy atom. The van der Waals surface area contributed by atoms with Gasteiger partial charge in [-0.15, -0.1) is 0 Å². The second-order valence-corrected chi connectivity index (χ2v) is 3.16. The number of hydroxylamine groups is 1. The van der Waals surface area contributed by atoms with Crippen molar-refractivity contribution in [2.45, 2.75) is 19.8 Å². The Hall–Kier alpha value is -1.14. The Labute approximate surface area is 82.9 Å². The van der Waals surface area contributed by atoms with E-state index in [1.165, 1.54) is 0 Å². The molecular weight excluding hydrogens is 186 g/mol. The summed E-state index contributed by atoms with van der Waals surface area (Å²) in [5.74, 6) is -0.593. The molecular formula is C8H17N3O3. The Morgan fingerprint density at radius 3 is 2.64 bits per heavy atom. The molecule has 6 heteroatoms. The van der Waals surface area contributed by atoms with Crippen molar-refractivity contribution in [3.8, 4) is 0 Å². The van der Waals surface area contributed by atoms with E-state index in [9.17, 15) is 9.59 Å². The van der Waals surface area contributed by atoms with Crippen LogP contribution in [0.25, 0.3) is 0 Å². The highest BCUT2D eigenvalue weighted by atomic mass is 16.7. The van der Waals surface area contributed by atoms with E-state index >= 15 is 0 Å². The summed E-state index contributed by atoms with van der Waals surface area (Å²) in [6.45, 7) is 2.20. The minimum absolute atomic E-state index is 0.272. The summed E-state index contributed by atoms with van der Waals surface area (Å²) in [5.41, 5.74) is 12.3. The zero-order valence-electron chi connectivity index (χ0n) is 8.29. The first kappa shape index (κ1) is 12.9. The number of primary amides is 1. The predicted molar refractivity (Wildman–Crippen MR) is 50.7 cm³/mol. The second-order valence-electron chi connectivity index (χ2n) is 3.16. The molecule has 0 aromatic heterocycles. The van der Waals surface area contributed by atoms with Gasteiger partial charge in [-0.05, 0) is 18.9 Å². The molecule has 0 bridgehead atoms. The zero-order valence-corrected chi connectivity index (χ0v) is 8.29. The van der Waals surface area contributed by atoms with Gasteiger partial charge in [-0.2, -0.15) is 0 Å². The standard InChI is InChI=1S/C8H17N3O3/c1-6(4-9)2-3-8(13)11-14-5-7(10)12/h6H,2-5,9H2,1H3,(H2,10,12)(H,11,13). The summed E-state index contributed by atoms with van der Waals surface area (Å²) >= 11 is 0. The lowest BCUT2D eigenvalue weighted by molar-refractivity contribution is -0.138. The van der Waals surface area contributed by atoms with E-state index < -0.39 is 5.91 Å². The molecule has 0 saturated carbocycles. The van der Waals surface area contributed by atoms with Crippen LogP contribution in [-0.4, -0.2) is 25.0 Å². The molecule has 82 valence electrons. The van der Waals surface area contributed by atoms with Gasteiger partial charge in [-0.25, -0.2) is 5.48 Å². The summed E-state index contributed by atoms with van der Waals surface area (Å²) in [6.07, 6.45) is 1.03. The van der Waals surface area contributed by atoms with Gasteiger partial charge in [0.1, 0.15) is 0 Å². The van der Waals surface area contributed by atoms with Gasteiger partial charge in [0, 0.05) is 6.42 Å². The lowest BCUT2D eigenvalue weighted by Gasteiger charge is -2.07. The number of carbonyl (C=O) groups excluding carboxylic acids is 2. The number of amides is 2. The smallest absolute Gasteiger partial charge is 0.246 e. The second kappa shape index (κ2) is 7.28. The first-order valence-corrected chi connectivity index (χ1v) is 4.45. The molecule has 0 fully saturated rings. The highest BCUT2D eigenvalue weighted by molar-refractivity contribution is 5.76. The van der Waals surface area contributed by atoms with Gasteiger partial charge in [-0.3, -0.25) is 14.4 Å². The van der Waals surface area contributed by atoms with Gasteiger partial charge in [0.15, 0.2) is 6.61 Å². The normalized spacial score (nSPS) is 12.1. The van der Waals surface area contributed by atoms with E-state index in [-0.39, 0.29) is 12.5 Å². The summed E-state index contributed by atoms with van der Waals surface area (Å²) in [6, 6.07) is 0. The van der Waals surface area contributed by atoms with E-state index in [0.29, 0.717) is 25.3 Å². The summed E-state index contributed by atoms with van der Waals surface area (Å²) in [4.78, 5) is 25.8. The van der Waals surface area contributed by atoms with Crippen LogP contribution in [0.1, 0.15) is 19.8 Å². The molecule has 5 N–H and O–H groups in total. The third-order valence-corrected chi connectivity index (χ3v) is 1.67. The number of nitrogens with one attached hydrogen (secondary N) is 1. The topological polar surface area (TPSA) is 107 Å². The van der Waals surface area contributed by atoms with Crippen LogP contribution in [-0.2, 0) is 14.4 Å². The molecule has 0 saturated heterocycles. The van der Waals surface area contributed by atoms with Crippen LogP contribution >= 0.6 is 0 Å². The number of hydrogen-bond donors (Lipinski definition) is 3. The maximum atomic E-state index is 11.0. The monoisotopic (exact) mass is 203 g/mol. The zero-order chi connectivity index (χ0) is 11.0. The van der Waals surface area contributed by atoms with Crippen LogP contribution < -0.4 is 16.9 Å². The molecule has 1 unspecified atom stereocenters. The van der Waals surface area contributed by atoms with Gasteiger partial charge >= 0.3 is 0 Å². The Kier molecular flexibility index (Phi) is 6.69. The number of hydrogen-bond acceptors (Lipinski definition) is 4. The lowest BCUT2D eigenvalue weighted by Crippen LogP contribution is -2.29. The van der Waals surface area contributed by atoms with Gasteiger partial charge in [-0.1, -0.05) is 6.92 Å². The SMILES string of the molecule is CC(CN)CCC(=O)NOCC(N)=O. The molecule has 14 heavy (non-hydrogen) atoms. The lowest BCUT2D eigenvalue weighted by atomic mass is 10.1. The van der Waals surface area contributed by atoms with Gasteiger partial charge < -0.3 is 11.5 Å². The highest BCUT2D eigenvalue weighted by Crippen LogP contribution is 2.02. The van der Waals surface area contributed by atoms with Crippen LogP contribution in [0.4, 0.5) is 0 Å². The van der Waals surface area contributed by atoms with Crippen LogP contribution in [0.3, 0.4) is 0 Å². The van der Waals surface area contributed by atoms with Gasteiger partial charge in [0.05, 0.1) is 0 Å². The van der Waals surface area contributed by atoms with E-state index in [1.807, 2.05) is 6.92 Å². The van der Waals surface area contributed by atoms with Gasteiger partial charge in [0.25, 0.3) is 0 Å². The van der Waals surface area contributed by atoms with E-state index in [2.05, 4.69) is 10.3 Å². The highest BCUT2D eigenvalue weighted by Gasteiger charge is 2.05. The van der Waals surface area contributed by atoms with Crippen LogP contribution in [0.2, 0.25) is 0 Å². The Morgan fingerprint density at radius 2 is 2.14 bits per heavy atom. The fraction of sp³-hybridized carbons (Fsp3) is 0.750. The maximum Gasteiger partial charge on any atom is 0.246 e. The Balaban J connectivity index is 3.41. The molecule has 0 spiro atoms. The van der Waals surface area contributed by atoms with Crippen LogP contribution in [0.5, 0.6) is 0 Å². The summed E-state index contributed by atoms with van der Waals surface area (Å²) in [5, 5.41) is 0. The number of nitrogens with two attached hydrogens (primary N) is 2. The van der Waals surface area contributed by atoms with Crippen molar-refractivity contribution in [2.24, 2.45) is 17.4 Å². The van der Waals surface area contributed by atoms with E-state index in [0.717, 1.165) is 0 Å². The summed E-state index contributed by atoms with van der Waals surface area (Å²) in [7, 11) is 0. The van der Waals surface area contributed by atoms with Crippen molar-refractivity contribution in [3.63, 3.8) is 0 Å². The minimum Gasteiger partial charge on any atom is -0.368 e. The van der Waals surface area contributed by atoms with Crippen LogP contribution in [0, 0.1) is 5.92 Å². The number of carbonyl (C=O) groups is 2. The van der Waals surface area contributed by atoms with Crippen molar-refractivity contribution in [3.05, 3.63) is 0 Å². The van der Waals surface area contributed by atoms with Crippen molar-refractivity contribution >= 4 is 11.8 Å². The fourth-order valence-corrected chi connectivity index (χ4v) is 0.734. The molecule has 0 aliphatic heterocycles. The third-order valence-electron chi connectivity index (χ3n) is 1.67. The van der Waals surface area contributed by atoms with Crippen molar-refractivity contribution in [1.29, 1.82) is 0 Å². The Bertz CT molecular complexity index is 196. The van der Waals surface area contributed by atoms with Crippen molar-refractivity contribution < 1.29 is 14.4 Å². The molecule has 0 rings (SSSR count). The molecule has 2 amide bonds. The average Bonchev–Trinajstić information content (AvgIpc) is 2.13. The number of rotatable bonds is 7. The molecule has 6 nitrogen and oxygen atoms in total. The van der Waals surface area contributed by atoms with Crippen molar-refractivity contribution in [2.75, 3.05) is 13.2 Å². The quantitative estimate of drug-likeness (QED) is 0.456. The molecule has 0 aliphatic carbocycles. The first-order chi connectivity index (χ1) is 6.56. The van der Waals surface area contributed by atoms with Crippen LogP contribution in [0.15, 0.2) is 0 Å². The molecule has 0 heterocycles. The molecule has 0 radical (unpaired) electrons. The predicted octanol–water partition coefficient (Wildman–Crippen LogP) is -1.11. The third kappa shape index (κ3) is 7.51. The largest absolute Gasteiger partial charge is 0.368 e. The molecule has 0 aromatic rings. The van der Waals surface area contributed by atoms with E-state index in [4.69, 9.17) is 11.5 Å². The molecule has 1 atom stereocenters.